The first-order chi connectivity index (χ1) is 11.1. The van der Waals surface area contributed by atoms with E-state index in [-0.39, 0.29) is 30.0 Å². The number of rotatable bonds is 5. The third-order valence-corrected chi connectivity index (χ3v) is 4.42. The number of hydrogen-bond donors (Lipinski definition) is 1. The van der Waals surface area contributed by atoms with Crippen LogP contribution in [0.3, 0.4) is 0 Å². The van der Waals surface area contributed by atoms with E-state index >= 15 is 0 Å². The van der Waals surface area contributed by atoms with Crippen molar-refractivity contribution >= 4 is 24.2 Å². The second kappa shape index (κ2) is 8.44. The van der Waals surface area contributed by atoms with E-state index in [1.54, 1.807) is 9.80 Å². The third-order valence-electron chi connectivity index (χ3n) is 4.42. The van der Waals surface area contributed by atoms with Crippen LogP contribution >= 0.6 is 12.4 Å². The molecular formula is C17H23ClFN3O2. The van der Waals surface area contributed by atoms with E-state index in [2.05, 4.69) is 5.32 Å². The minimum atomic E-state index is -0.351. The van der Waals surface area contributed by atoms with Crippen LogP contribution in [0.5, 0.6) is 0 Å². The van der Waals surface area contributed by atoms with E-state index in [4.69, 9.17) is 0 Å². The van der Waals surface area contributed by atoms with Gasteiger partial charge in [0.05, 0.1) is 6.54 Å². The Labute approximate surface area is 147 Å². The van der Waals surface area contributed by atoms with Crippen molar-refractivity contribution in [1.29, 1.82) is 0 Å². The monoisotopic (exact) mass is 355 g/mol. The molecule has 5 nitrogen and oxygen atoms in total. The van der Waals surface area contributed by atoms with Crippen LogP contribution in [0.4, 0.5) is 4.39 Å². The number of piperazine rings is 1. The lowest BCUT2D eigenvalue weighted by molar-refractivity contribution is -0.131. The van der Waals surface area contributed by atoms with E-state index < -0.39 is 0 Å². The van der Waals surface area contributed by atoms with E-state index in [1.165, 1.54) is 37.1 Å². The summed E-state index contributed by atoms with van der Waals surface area (Å²) in [6, 6.07) is 5.57. The Kier molecular flexibility index (Phi) is 6.57. The van der Waals surface area contributed by atoms with Gasteiger partial charge in [-0.1, -0.05) is 0 Å². The number of halogens is 2. The van der Waals surface area contributed by atoms with Crippen molar-refractivity contribution in [2.45, 2.75) is 12.8 Å². The lowest BCUT2D eigenvalue weighted by Gasteiger charge is -2.35. The van der Waals surface area contributed by atoms with Crippen molar-refractivity contribution in [2.24, 2.45) is 5.92 Å². The molecule has 1 N–H and O–H groups in total. The molecule has 2 amide bonds. The smallest absolute Gasteiger partial charge is 0.253 e. The zero-order valence-electron chi connectivity index (χ0n) is 13.5. The first-order valence-corrected chi connectivity index (χ1v) is 8.17. The molecular weight excluding hydrogens is 333 g/mol. The Morgan fingerprint density at radius 2 is 1.62 bits per heavy atom. The summed E-state index contributed by atoms with van der Waals surface area (Å²) in [6.45, 7) is 3.44. The summed E-state index contributed by atoms with van der Waals surface area (Å²) < 4.78 is 12.9. The number of nitrogens with one attached hydrogen (secondary N) is 1. The van der Waals surface area contributed by atoms with Gasteiger partial charge in [-0.25, -0.2) is 4.39 Å². The molecule has 0 unspecified atom stereocenters. The van der Waals surface area contributed by atoms with E-state index in [1.807, 2.05) is 0 Å². The van der Waals surface area contributed by atoms with Gasteiger partial charge in [0.1, 0.15) is 5.82 Å². The van der Waals surface area contributed by atoms with Crippen LogP contribution in [-0.4, -0.2) is 60.9 Å². The first-order valence-electron chi connectivity index (χ1n) is 8.17. The molecule has 132 valence electrons. The highest BCUT2D eigenvalue weighted by Crippen LogP contribution is 2.27. The fraction of sp³-hybridized carbons (Fsp3) is 0.529. The standard InChI is InChI=1S/C17H22FN3O2.ClH/c18-15-5-3-14(4-6-15)17(23)21-9-7-20(8-10-21)16(22)12-19-11-13-1-2-13;/h3-6,13,19H,1-2,7-12H2;1H. The molecule has 1 saturated carbocycles. The van der Waals surface area contributed by atoms with Gasteiger partial charge in [0, 0.05) is 31.7 Å². The third kappa shape index (κ3) is 4.92. The predicted octanol–water partition coefficient (Wildman–Crippen LogP) is 1.53. The van der Waals surface area contributed by atoms with Crippen LogP contribution in [0.2, 0.25) is 0 Å². The second-order valence-electron chi connectivity index (χ2n) is 6.25. The molecule has 1 aromatic rings. The number of carbonyl (C=O) groups is 2. The average Bonchev–Trinajstić information content (AvgIpc) is 3.39. The maximum absolute atomic E-state index is 12.9. The Hall–Kier alpha value is -1.66. The largest absolute Gasteiger partial charge is 0.338 e. The average molecular weight is 356 g/mol. The lowest BCUT2D eigenvalue weighted by atomic mass is 10.2. The van der Waals surface area contributed by atoms with E-state index in [9.17, 15) is 14.0 Å². The van der Waals surface area contributed by atoms with Gasteiger partial charge in [-0.05, 0) is 49.6 Å². The minimum absolute atomic E-state index is 0. The quantitative estimate of drug-likeness (QED) is 0.871. The maximum atomic E-state index is 12.9. The summed E-state index contributed by atoms with van der Waals surface area (Å²) >= 11 is 0. The highest BCUT2D eigenvalue weighted by molar-refractivity contribution is 5.94. The Balaban J connectivity index is 0.00000208. The molecule has 1 aliphatic heterocycles. The summed E-state index contributed by atoms with van der Waals surface area (Å²) in [5.41, 5.74) is 0.484. The van der Waals surface area contributed by atoms with Crippen LogP contribution in [0, 0.1) is 11.7 Å². The summed E-state index contributed by atoms with van der Waals surface area (Å²) in [6.07, 6.45) is 2.54. The van der Waals surface area contributed by atoms with E-state index in [0.717, 1.165) is 12.5 Å². The number of amides is 2. The highest BCUT2D eigenvalue weighted by Gasteiger charge is 2.25. The second-order valence-corrected chi connectivity index (χ2v) is 6.25. The number of benzene rings is 1. The van der Waals surface area contributed by atoms with Crippen molar-refractivity contribution in [3.63, 3.8) is 0 Å². The molecule has 2 fully saturated rings. The number of hydrogen-bond acceptors (Lipinski definition) is 3. The molecule has 7 heteroatoms. The molecule has 0 atom stereocenters. The van der Waals surface area contributed by atoms with Gasteiger partial charge >= 0.3 is 0 Å². The highest BCUT2D eigenvalue weighted by atomic mass is 35.5. The van der Waals surface area contributed by atoms with Crippen LogP contribution in [0.15, 0.2) is 24.3 Å². The van der Waals surface area contributed by atoms with Crippen molar-refractivity contribution in [1.82, 2.24) is 15.1 Å². The topological polar surface area (TPSA) is 52.7 Å². The minimum Gasteiger partial charge on any atom is -0.338 e. The predicted molar refractivity (Wildman–Crippen MR) is 91.7 cm³/mol. The van der Waals surface area contributed by atoms with Crippen molar-refractivity contribution < 1.29 is 14.0 Å². The molecule has 24 heavy (non-hydrogen) atoms. The molecule has 0 bridgehead atoms. The summed E-state index contributed by atoms with van der Waals surface area (Å²) in [5, 5.41) is 3.20. The van der Waals surface area contributed by atoms with Crippen molar-refractivity contribution in [2.75, 3.05) is 39.3 Å². The molecule has 1 heterocycles. The SMILES string of the molecule is Cl.O=C(CNCC1CC1)N1CCN(C(=O)c2ccc(F)cc2)CC1. The summed E-state index contributed by atoms with van der Waals surface area (Å²) in [5.74, 6) is 0.395. The van der Waals surface area contributed by atoms with Crippen LogP contribution in [-0.2, 0) is 4.79 Å². The number of nitrogens with zero attached hydrogens (tertiary/aromatic N) is 2. The van der Waals surface area contributed by atoms with Gasteiger partial charge in [-0.2, -0.15) is 0 Å². The molecule has 1 aromatic carbocycles. The molecule has 3 rings (SSSR count). The Morgan fingerprint density at radius 3 is 2.21 bits per heavy atom. The van der Waals surface area contributed by atoms with Gasteiger partial charge in [0.15, 0.2) is 0 Å². The molecule has 1 aliphatic carbocycles. The van der Waals surface area contributed by atoms with Gasteiger partial charge in [-0.3, -0.25) is 9.59 Å². The Bertz CT molecular complexity index is 570. The fourth-order valence-corrected chi connectivity index (χ4v) is 2.75. The van der Waals surface area contributed by atoms with E-state index in [0.29, 0.717) is 38.3 Å². The summed E-state index contributed by atoms with van der Waals surface area (Å²) in [4.78, 5) is 27.9. The zero-order chi connectivity index (χ0) is 16.2. The van der Waals surface area contributed by atoms with Crippen LogP contribution < -0.4 is 5.32 Å². The molecule has 0 aromatic heterocycles. The Morgan fingerprint density at radius 1 is 1.04 bits per heavy atom. The fourth-order valence-electron chi connectivity index (χ4n) is 2.75. The summed E-state index contributed by atoms with van der Waals surface area (Å²) in [7, 11) is 0. The van der Waals surface area contributed by atoms with Crippen molar-refractivity contribution in [3.8, 4) is 0 Å². The lowest BCUT2D eigenvalue weighted by Crippen LogP contribution is -2.52. The zero-order valence-corrected chi connectivity index (χ0v) is 14.4. The van der Waals surface area contributed by atoms with Crippen LogP contribution in [0.1, 0.15) is 23.2 Å². The van der Waals surface area contributed by atoms with Gasteiger partial charge < -0.3 is 15.1 Å². The van der Waals surface area contributed by atoms with Gasteiger partial charge in [0.25, 0.3) is 5.91 Å². The first kappa shape index (κ1) is 18.7. The molecule has 2 aliphatic rings. The number of carbonyl (C=O) groups excluding carboxylic acids is 2. The van der Waals surface area contributed by atoms with Crippen LogP contribution in [0.25, 0.3) is 0 Å². The maximum Gasteiger partial charge on any atom is 0.253 e. The van der Waals surface area contributed by atoms with Crippen molar-refractivity contribution in [3.05, 3.63) is 35.6 Å². The van der Waals surface area contributed by atoms with Gasteiger partial charge in [-0.15, -0.1) is 12.4 Å². The molecule has 0 radical (unpaired) electrons. The van der Waals surface area contributed by atoms with Gasteiger partial charge in [0.2, 0.25) is 5.91 Å². The normalized spacial score (nSPS) is 17.4. The molecule has 0 spiro atoms. The molecule has 1 saturated heterocycles.